The van der Waals surface area contributed by atoms with Crippen molar-refractivity contribution in [2.75, 3.05) is 0 Å². The van der Waals surface area contributed by atoms with Crippen molar-refractivity contribution < 1.29 is 9.52 Å². The molecule has 0 saturated heterocycles. The van der Waals surface area contributed by atoms with Crippen LogP contribution >= 0.6 is 23.4 Å². The number of benzene rings is 1. The third kappa shape index (κ3) is 2.94. The second-order valence-electron chi connectivity index (χ2n) is 6.65. The largest absolute Gasteiger partial charge is 0.439 e. The average molecular weight is 326 g/mol. The van der Waals surface area contributed by atoms with Crippen molar-refractivity contribution in [2.45, 2.75) is 61.7 Å². The first-order chi connectivity index (χ1) is 9.86. The Bertz CT molecular complexity index is 662. The maximum absolute atomic E-state index is 10.0. The quantitative estimate of drug-likeness (QED) is 0.862. The van der Waals surface area contributed by atoms with E-state index < -0.39 is 0 Å². The zero-order chi connectivity index (χ0) is 15.2. The first-order valence-corrected chi connectivity index (χ1v) is 8.56. The molecule has 1 heterocycles. The Morgan fingerprint density at radius 2 is 2.10 bits per heavy atom. The summed E-state index contributed by atoms with van der Waals surface area (Å²) >= 11 is 7.99. The molecule has 0 aliphatic heterocycles. The van der Waals surface area contributed by atoms with Gasteiger partial charge in [-0.2, -0.15) is 0 Å². The molecule has 1 aliphatic carbocycles. The summed E-state index contributed by atoms with van der Waals surface area (Å²) in [6.07, 6.45) is 2.69. The minimum atomic E-state index is -0.258. The Kier molecular flexibility index (Phi) is 3.97. The molecule has 0 unspecified atom stereocenters. The molecule has 1 N–H and O–H groups in total. The van der Waals surface area contributed by atoms with Crippen LogP contribution in [-0.2, 0) is 5.41 Å². The van der Waals surface area contributed by atoms with Crippen molar-refractivity contribution in [3.8, 4) is 0 Å². The molecule has 1 aromatic carbocycles. The normalized spacial score (nSPS) is 23.1. The van der Waals surface area contributed by atoms with Crippen molar-refractivity contribution in [1.82, 2.24) is 4.98 Å². The average Bonchev–Trinajstić information content (AvgIpc) is 2.99. The summed E-state index contributed by atoms with van der Waals surface area (Å²) in [5.74, 6) is 0.716. The number of aromatic nitrogens is 1. The Morgan fingerprint density at radius 1 is 1.33 bits per heavy atom. The molecule has 1 aliphatic rings. The number of halogens is 1. The van der Waals surface area contributed by atoms with E-state index in [0.29, 0.717) is 10.9 Å². The molecule has 2 aromatic rings. The van der Waals surface area contributed by atoms with Crippen LogP contribution < -0.4 is 0 Å². The molecule has 3 rings (SSSR count). The zero-order valence-electron chi connectivity index (χ0n) is 12.5. The summed E-state index contributed by atoms with van der Waals surface area (Å²) in [6.45, 7) is 6.23. The fourth-order valence-electron chi connectivity index (χ4n) is 2.57. The van der Waals surface area contributed by atoms with Crippen LogP contribution in [0.4, 0.5) is 0 Å². The topological polar surface area (TPSA) is 46.3 Å². The molecule has 3 nitrogen and oxygen atoms in total. The predicted molar refractivity (Wildman–Crippen MR) is 87.2 cm³/mol. The highest BCUT2D eigenvalue weighted by Gasteiger charge is 2.29. The fourth-order valence-corrected chi connectivity index (χ4v) is 4.17. The van der Waals surface area contributed by atoms with Gasteiger partial charge in [-0.25, -0.2) is 4.98 Å². The Hall–Kier alpha value is -0.710. The summed E-state index contributed by atoms with van der Waals surface area (Å²) in [7, 11) is 0. The lowest BCUT2D eigenvalue weighted by atomic mass is 9.97. The Morgan fingerprint density at radius 3 is 2.71 bits per heavy atom. The second kappa shape index (κ2) is 5.49. The van der Waals surface area contributed by atoms with Crippen molar-refractivity contribution in [3.05, 3.63) is 23.0 Å². The SMILES string of the molecule is CC(C)(C)c1nc2ccc(Cl)c(S[C@H]3CCC[C@@H]3O)c2o1. The van der Waals surface area contributed by atoms with Gasteiger partial charge in [-0.05, 0) is 31.4 Å². The van der Waals surface area contributed by atoms with Crippen molar-refractivity contribution in [2.24, 2.45) is 0 Å². The minimum Gasteiger partial charge on any atom is -0.439 e. The third-order valence-corrected chi connectivity index (χ3v) is 5.71. The van der Waals surface area contributed by atoms with Gasteiger partial charge < -0.3 is 9.52 Å². The van der Waals surface area contributed by atoms with Gasteiger partial charge in [-0.15, -0.1) is 11.8 Å². The standard InChI is InChI=1S/C16H20ClNO2S/c1-16(2,3)15-18-10-8-7-9(17)14(13(10)20-15)21-12-6-4-5-11(12)19/h7-8,11-12,19H,4-6H2,1-3H3/t11-,12-/m0/s1. The van der Waals surface area contributed by atoms with E-state index in [9.17, 15) is 5.11 Å². The lowest BCUT2D eigenvalue weighted by molar-refractivity contribution is 0.188. The summed E-state index contributed by atoms with van der Waals surface area (Å²) in [4.78, 5) is 5.48. The first-order valence-electron chi connectivity index (χ1n) is 7.30. The van der Waals surface area contributed by atoms with Crippen LogP contribution in [-0.4, -0.2) is 21.4 Å². The van der Waals surface area contributed by atoms with Crippen LogP contribution in [0.25, 0.3) is 11.1 Å². The van der Waals surface area contributed by atoms with Gasteiger partial charge in [0.15, 0.2) is 5.58 Å². The van der Waals surface area contributed by atoms with Crippen molar-refractivity contribution in [1.29, 1.82) is 0 Å². The zero-order valence-corrected chi connectivity index (χ0v) is 14.1. The number of aliphatic hydroxyl groups is 1. The van der Waals surface area contributed by atoms with Crippen LogP contribution in [0.1, 0.15) is 45.9 Å². The van der Waals surface area contributed by atoms with Gasteiger partial charge in [0.2, 0.25) is 5.89 Å². The van der Waals surface area contributed by atoms with E-state index in [0.717, 1.165) is 35.3 Å². The summed E-state index contributed by atoms with van der Waals surface area (Å²) < 4.78 is 5.99. The number of fused-ring (bicyclic) bond motifs is 1. The van der Waals surface area contributed by atoms with Gasteiger partial charge in [0.25, 0.3) is 0 Å². The molecular formula is C16H20ClNO2S. The van der Waals surface area contributed by atoms with E-state index >= 15 is 0 Å². The molecule has 0 amide bonds. The number of thioether (sulfide) groups is 1. The third-order valence-electron chi connectivity index (χ3n) is 3.79. The van der Waals surface area contributed by atoms with Crippen LogP contribution in [0.2, 0.25) is 5.02 Å². The van der Waals surface area contributed by atoms with Gasteiger partial charge in [-0.3, -0.25) is 0 Å². The maximum Gasteiger partial charge on any atom is 0.200 e. The fraction of sp³-hybridized carbons (Fsp3) is 0.562. The molecule has 0 bridgehead atoms. The van der Waals surface area contributed by atoms with Crippen LogP contribution in [0.5, 0.6) is 0 Å². The Balaban J connectivity index is 2.03. The highest BCUT2D eigenvalue weighted by Crippen LogP contribution is 2.42. The van der Waals surface area contributed by atoms with Crippen molar-refractivity contribution in [3.63, 3.8) is 0 Å². The second-order valence-corrected chi connectivity index (χ2v) is 8.30. The summed E-state index contributed by atoms with van der Waals surface area (Å²) in [5, 5.41) is 10.9. The van der Waals surface area contributed by atoms with E-state index in [1.54, 1.807) is 11.8 Å². The van der Waals surface area contributed by atoms with Gasteiger partial charge in [0.1, 0.15) is 5.52 Å². The molecular weight excluding hydrogens is 306 g/mol. The van der Waals surface area contributed by atoms with E-state index in [4.69, 9.17) is 16.0 Å². The summed E-state index contributed by atoms with van der Waals surface area (Å²) in [5.41, 5.74) is 1.44. The smallest absolute Gasteiger partial charge is 0.200 e. The monoisotopic (exact) mass is 325 g/mol. The lowest BCUT2D eigenvalue weighted by Crippen LogP contribution is -2.14. The molecule has 2 atom stereocenters. The molecule has 1 saturated carbocycles. The molecule has 0 radical (unpaired) electrons. The number of oxazole rings is 1. The van der Waals surface area contributed by atoms with E-state index in [1.165, 1.54) is 0 Å². The molecule has 5 heteroatoms. The lowest BCUT2D eigenvalue weighted by Gasteiger charge is -2.15. The number of nitrogens with zero attached hydrogens (tertiary/aromatic N) is 1. The first kappa shape index (κ1) is 15.2. The van der Waals surface area contributed by atoms with E-state index in [-0.39, 0.29) is 16.8 Å². The minimum absolute atomic E-state index is 0.139. The van der Waals surface area contributed by atoms with Gasteiger partial charge in [0.05, 0.1) is 16.0 Å². The number of aliphatic hydroxyl groups excluding tert-OH is 1. The Labute approximate surface area is 134 Å². The number of hydrogen-bond donors (Lipinski definition) is 1. The molecule has 114 valence electrons. The van der Waals surface area contributed by atoms with E-state index in [1.807, 2.05) is 12.1 Å². The highest BCUT2D eigenvalue weighted by molar-refractivity contribution is 8.00. The van der Waals surface area contributed by atoms with Gasteiger partial charge in [-0.1, -0.05) is 32.4 Å². The van der Waals surface area contributed by atoms with Crippen molar-refractivity contribution >= 4 is 34.5 Å². The van der Waals surface area contributed by atoms with E-state index in [2.05, 4.69) is 25.8 Å². The maximum atomic E-state index is 10.0. The summed E-state index contributed by atoms with van der Waals surface area (Å²) in [6, 6.07) is 3.76. The molecule has 1 fully saturated rings. The van der Waals surface area contributed by atoms with Crippen LogP contribution in [0.15, 0.2) is 21.4 Å². The number of rotatable bonds is 2. The molecule has 21 heavy (non-hydrogen) atoms. The van der Waals surface area contributed by atoms with Gasteiger partial charge in [0, 0.05) is 10.7 Å². The molecule has 0 spiro atoms. The van der Waals surface area contributed by atoms with Crippen LogP contribution in [0.3, 0.4) is 0 Å². The van der Waals surface area contributed by atoms with Gasteiger partial charge >= 0.3 is 0 Å². The predicted octanol–water partition coefficient (Wildman–Crippen LogP) is 4.78. The van der Waals surface area contributed by atoms with Crippen LogP contribution in [0, 0.1) is 0 Å². The molecule has 1 aromatic heterocycles. The number of hydrogen-bond acceptors (Lipinski definition) is 4. The highest BCUT2D eigenvalue weighted by atomic mass is 35.5.